The Morgan fingerprint density at radius 2 is 1.74 bits per heavy atom. The van der Waals surface area contributed by atoms with Gasteiger partial charge in [-0.05, 0) is 42.0 Å². The van der Waals surface area contributed by atoms with Gasteiger partial charge in [-0.1, -0.05) is 40.2 Å². The molecule has 0 saturated heterocycles. The van der Waals surface area contributed by atoms with Gasteiger partial charge in [0.15, 0.2) is 5.76 Å². The van der Waals surface area contributed by atoms with Crippen LogP contribution >= 0.6 is 15.9 Å². The Labute approximate surface area is 119 Å². The van der Waals surface area contributed by atoms with E-state index in [2.05, 4.69) is 15.9 Å². The third-order valence-corrected chi connectivity index (χ3v) is 3.77. The number of furan rings is 1. The standard InChI is InChI=1S/C16H11BrO2/c1-10-6-9-15(19-10)16(18)13-7-8-14(17)12-5-3-2-4-11(12)13/h2-9H,1H3. The van der Waals surface area contributed by atoms with Crippen LogP contribution in [0.1, 0.15) is 21.9 Å². The molecule has 1 heterocycles. The minimum absolute atomic E-state index is 0.0863. The van der Waals surface area contributed by atoms with E-state index >= 15 is 0 Å². The van der Waals surface area contributed by atoms with Crippen LogP contribution in [0, 0.1) is 6.92 Å². The fraction of sp³-hybridized carbons (Fsp3) is 0.0625. The zero-order chi connectivity index (χ0) is 13.4. The van der Waals surface area contributed by atoms with Crippen molar-refractivity contribution in [2.24, 2.45) is 0 Å². The lowest BCUT2D eigenvalue weighted by Gasteiger charge is -2.06. The highest BCUT2D eigenvalue weighted by Gasteiger charge is 2.16. The summed E-state index contributed by atoms with van der Waals surface area (Å²) in [7, 11) is 0. The number of halogens is 1. The van der Waals surface area contributed by atoms with Crippen LogP contribution in [0.5, 0.6) is 0 Å². The van der Waals surface area contributed by atoms with Gasteiger partial charge >= 0.3 is 0 Å². The molecule has 0 bridgehead atoms. The molecule has 2 aromatic carbocycles. The molecule has 0 N–H and O–H groups in total. The summed E-state index contributed by atoms with van der Waals surface area (Å²) in [5.74, 6) is 1.03. The predicted octanol–water partition coefficient (Wildman–Crippen LogP) is 4.73. The summed E-state index contributed by atoms with van der Waals surface area (Å²) in [5, 5.41) is 1.95. The van der Waals surface area contributed by atoms with Gasteiger partial charge in [-0.3, -0.25) is 4.79 Å². The van der Waals surface area contributed by atoms with Gasteiger partial charge in [0, 0.05) is 10.0 Å². The Hall–Kier alpha value is -1.87. The average Bonchev–Trinajstić information content (AvgIpc) is 2.86. The largest absolute Gasteiger partial charge is 0.458 e. The third-order valence-electron chi connectivity index (χ3n) is 3.08. The van der Waals surface area contributed by atoms with Crippen molar-refractivity contribution in [3.05, 3.63) is 70.1 Å². The molecule has 0 spiro atoms. The molecule has 0 atom stereocenters. The van der Waals surface area contributed by atoms with Crippen molar-refractivity contribution in [3.63, 3.8) is 0 Å². The number of hydrogen-bond donors (Lipinski definition) is 0. The van der Waals surface area contributed by atoms with Crippen molar-refractivity contribution in [1.82, 2.24) is 0 Å². The topological polar surface area (TPSA) is 30.2 Å². The van der Waals surface area contributed by atoms with Crippen molar-refractivity contribution in [2.75, 3.05) is 0 Å². The number of benzene rings is 2. The molecular formula is C16H11BrO2. The molecule has 3 heteroatoms. The molecule has 94 valence electrons. The van der Waals surface area contributed by atoms with Gasteiger partial charge in [0.05, 0.1) is 0 Å². The first-order valence-electron chi connectivity index (χ1n) is 5.95. The molecule has 0 aliphatic carbocycles. The van der Waals surface area contributed by atoms with Gasteiger partial charge in [-0.2, -0.15) is 0 Å². The minimum Gasteiger partial charge on any atom is -0.458 e. The second-order valence-electron chi connectivity index (χ2n) is 4.38. The summed E-state index contributed by atoms with van der Waals surface area (Å²) in [6.07, 6.45) is 0. The molecular weight excluding hydrogens is 304 g/mol. The summed E-state index contributed by atoms with van der Waals surface area (Å²) >= 11 is 3.51. The average molecular weight is 315 g/mol. The van der Waals surface area contributed by atoms with E-state index in [1.165, 1.54) is 0 Å². The van der Waals surface area contributed by atoms with Crippen LogP contribution in [-0.4, -0.2) is 5.78 Å². The van der Waals surface area contributed by atoms with Gasteiger partial charge in [-0.25, -0.2) is 0 Å². The molecule has 3 aromatic rings. The maximum Gasteiger partial charge on any atom is 0.228 e. The van der Waals surface area contributed by atoms with Crippen LogP contribution in [0.4, 0.5) is 0 Å². The summed E-state index contributed by atoms with van der Waals surface area (Å²) in [5.41, 5.74) is 0.660. The van der Waals surface area contributed by atoms with Gasteiger partial charge in [0.2, 0.25) is 5.78 Å². The smallest absolute Gasteiger partial charge is 0.228 e. The van der Waals surface area contributed by atoms with Gasteiger partial charge in [-0.15, -0.1) is 0 Å². The summed E-state index contributed by atoms with van der Waals surface area (Å²) in [4.78, 5) is 12.5. The van der Waals surface area contributed by atoms with E-state index in [9.17, 15) is 4.79 Å². The first-order chi connectivity index (χ1) is 9.16. The molecule has 0 amide bonds. The van der Waals surface area contributed by atoms with E-state index in [0.717, 1.165) is 21.0 Å². The Morgan fingerprint density at radius 1 is 1.00 bits per heavy atom. The lowest BCUT2D eigenvalue weighted by molar-refractivity contribution is 0.101. The molecule has 0 radical (unpaired) electrons. The number of carbonyl (C=O) groups excluding carboxylic acids is 1. The second kappa shape index (κ2) is 4.67. The molecule has 0 unspecified atom stereocenters. The molecule has 1 aromatic heterocycles. The fourth-order valence-electron chi connectivity index (χ4n) is 2.15. The van der Waals surface area contributed by atoms with E-state index in [4.69, 9.17) is 4.42 Å². The van der Waals surface area contributed by atoms with E-state index in [1.807, 2.05) is 43.3 Å². The van der Waals surface area contributed by atoms with E-state index in [0.29, 0.717) is 11.3 Å². The maximum atomic E-state index is 12.5. The Kier molecular flexibility index (Phi) is 2.99. The lowest BCUT2D eigenvalue weighted by atomic mass is 10.0. The lowest BCUT2D eigenvalue weighted by Crippen LogP contribution is -2.00. The summed E-state index contributed by atoms with van der Waals surface area (Å²) in [6, 6.07) is 15.1. The minimum atomic E-state index is -0.0863. The molecule has 0 fully saturated rings. The molecule has 2 nitrogen and oxygen atoms in total. The van der Waals surface area contributed by atoms with Crippen molar-refractivity contribution < 1.29 is 9.21 Å². The molecule has 0 aliphatic heterocycles. The van der Waals surface area contributed by atoms with Crippen LogP contribution in [0.15, 0.2) is 57.4 Å². The highest BCUT2D eigenvalue weighted by molar-refractivity contribution is 9.10. The third kappa shape index (κ3) is 2.10. The summed E-state index contributed by atoms with van der Waals surface area (Å²) in [6.45, 7) is 1.83. The molecule has 0 saturated carbocycles. The quantitative estimate of drug-likeness (QED) is 0.640. The first-order valence-corrected chi connectivity index (χ1v) is 6.74. The first kappa shape index (κ1) is 12.2. The number of fused-ring (bicyclic) bond motifs is 1. The van der Waals surface area contributed by atoms with Crippen LogP contribution in [0.2, 0.25) is 0 Å². The summed E-state index contributed by atoms with van der Waals surface area (Å²) < 4.78 is 6.40. The van der Waals surface area contributed by atoms with E-state index in [1.54, 1.807) is 12.1 Å². The Bertz CT molecular complexity index is 771. The van der Waals surface area contributed by atoms with Crippen LogP contribution in [0.3, 0.4) is 0 Å². The second-order valence-corrected chi connectivity index (χ2v) is 5.23. The highest BCUT2D eigenvalue weighted by Crippen LogP contribution is 2.28. The monoisotopic (exact) mass is 314 g/mol. The highest BCUT2D eigenvalue weighted by atomic mass is 79.9. The van der Waals surface area contributed by atoms with Crippen molar-refractivity contribution in [2.45, 2.75) is 6.92 Å². The molecule has 3 rings (SSSR count). The normalized spacial score (nSPS) is 10.8. The van der Waals surface area contributed by atoms with Crippen molar-refractivity contribution >= 4 is 32.5 Å². The molecule has 0 aliphatic rings. The number of aryl methyl sites for hydroxylation is 1. The van der Waals surface area contributed by atoms with Gasteiger partial charge in [0.25, 0.3) is 0 Å². The van der Waals surface area contributed by atoms with Gasteiger partial charge in [0.1, 0.15) is 5.76 Å². The number of ketones is 1. The van der Waals surface area contributed by atoms with Crippen LogP contribution < -0.4 is 0 Å². The maximum absolute atomic E-state index is 12.5. The zero-order valence-electron chi connectivity index (χ0n) is 10.3. The van der Waals surface area contributed by atoms with Crippen molar-refractivity contribution in [1.29, 1.82) is 0 Å². The van der Waals surface area contributed by atoms with Gasteiger partial charge < -0.3 is 4.42 Å². The number of hydrogen-bond acceptors (Lipinski definition) is 2. The number of carbonyl (C=O) groups is 1. The molecule has 19 heavy (non-hydrogen) atoms. The van der Waals surface area contributed by atoms with E-state index < -0.39 is 0 Å². The van der Waals surface area contributed by atoms with E-state index in [-0.39, 0.29) is 5.78 Å². The Morgan fingerprint density at radius 3 is 2.42 bits per heavy atom. The predicted molar refractivity (Wildman–Crippen MR) is 78.5 cm³/mol. The SMILES string of the molecule is Cc1ccc(C(=O)c2ccc(Br)c3ccccc23)o1. The van der Waals surface area contributed by atoms with Crippen LogP contribution in [0.25, 0.3) is 10.8 Å². The fourth-order valence-corrected chi connectivity index (χ4v) is 2.63. The van der Waals surface area contributed by atoms with Crippen LogP contribution in [-0.2, 0) is 0 Å². The Balaban J connectivity index is 2.21. The zero-order valence-corrected chi connectivity index (χ0v) is 11.9. The van der Waals surface area contributed by atoms with Crippen molar-refractivity contribution in [3.8, 4) is 0 Å². The number of rotatable bonds is 2.